The Morgan fingerprint density at radius 1 is 0.956 bits per heavy atom. The molecule has 238 valence electrons. The third kappa shape index (κ3) is 7.16. The maximum atomic E-state index is 14.1. The fraction of sp³-hybridized carbons (Fsp3) is 0.486. The van der Waals surface area contributed by atoms with Crippen molar-refractivity contribution >= 4 is 34.7 Å². The number of nitrogens with zero attached hydrogens (tertiary/aromatic N) is 4. The first kappa shape index (κ1) is 32.1. The summed E-state index contributed by atoms with van der Waals surface area (Å²) in [6, 6.07) is 13.0. The van der Waals surface area contributed by atoms with Crippen molar-refractivity contribution in [2.75, 3.05) is 32.7 Å². The van der Waals surface area contributed by atoms with Crippen molar-refractivity contribution in [3.8, 4) is 0 Å². The van der Waals surface area contributed by atoms with Gasteiger partial charge in [-0.25, -0.2) is 9.97 Å². The van der Waals surface area contributed by atoms with Crippen molar-refractivity contribution in [2.24, 2.45) is 5.92 Å². The molecular weight excluding hydrogens is 568 g/mol. The molecule has 3 aromatic rings. The van der Waals surface area contributed by atoms with Crippen molar-refractivity contribution in [3.05, 3.63) is 70.5 Å². The van der Waals surface area contributed by atoms with E-state index in [9.17, 15) is 19.2 Å². The van der Waals surface area contributed by atoms with Crippen LogP contribution in [0.5, 0.6) is 0 Å². The molecule has 2 N–H and O–H groups in total. The van der Waals surface area contributed by atoms with Crippen LogP contribution in [0.2, 0.25) is 0 Å². The second kappa shape index (κ2) is 13.7. The number of amides is 4. The Morgan fingerprint density at radius 3 is 2.49 bits per heavy atom. The van der Waals surface area contributed by atoms with Gasteiger partial charge in [0.2, 0.25) is 11.8 Å². The van der Waals surface area contributed by atoms with E-state index in [1.807, 2.05) is 38.1 Å². The van der Waals surface area contributed by atoms with E-state index >= 15 is 0 Å². The van der Waals surface area contributed by atoms with Crippen molar-refractivity contribution in [1.29, 1.82) is 0 Å². The number of hydrogen-bond donors (Lipinski definition) is 2. The summed E-state index contributed by atoms with van der Waals surface area (Å²) in [5, 5.41) is 6.13. The number of hydrogen-bond acceptors (Lipinski definition) is 6. The van der Waals surface area contributed by atoms with Gasteiger partial charge in [0, 0.05) is 38.2 Å². The average molecular weight is 613 g/mol. The number of fused-ring (bicyclic) bond motifs is 3. The molecule has 1 aromatic heterocycles. The van der Waals surface area contributed by atoms with Gasteiger partial charge in [0.15, 0.2) is 0 Å². The molecule has 1 atom stereocenters. The molecule has 0 bridgehead atoms. The van der Waals surface area contributed by atoms with Gasteiger partial charge in [-0.1, -0.05) is 38.1 Å². The molecule has 4 amide bonds. The van der Waals surface area contributed by atoms with E-state index in [4.69, 9.17) is 0 Å². The normalized spacial score (nSPS) is 20.2. The molecule has 1 unspecified atom stereocenters. The van der Waals surface area contributed by atoms with E-state index in [1.165, 1.54) is 0 Å². The lowest BCUT2D eigenvalue weighted by molar-refractivity contribution is -0.139. The van der Waals surface area contributed by atoms with Gasteiger partial charge in [0.05, 0.1) is 29.0 Å². The van der Waals surface area contributed by atoms with Crippen LogP contribution in [0.25, 0.3) is 11.0 Å². The number of rotatable bonds is 4. The zero-order valence-electron chi connectivity index (χ0n) is 26.8. The summed E-state index contributed by atoms with van der Waals surface area (Å²) in [7, 11) is 0. The highest BCUT2D eigenvalue weighted by atomic mass is 16.2. The van der Waals surface area contributed by atoms with Crippen LogP contribution in [0, 0.1) is 19.8 Å². The Labute approximate surface area is 265 Å². The van der Waals surface area contributed by atoms with Gasteiger partial charge in [-0.05, 0) is 81.2 Å². The average Bonchev–Trinajstić information content (AvgIpc) is 3.01. The monoisotopic (exact) mass is 612 g/mol. The van der Waals surface area contributed by atoms with E-state index in [2.05, 4.69) is 34.4 Å². The number of benzene rings is 2. The Bertz CT molecular complexity index is 1600. The Kier molecular flexibility index (Phi) is 9.80. The molecule has 2 heterocycles. The Hall–Kier alpha value is -4.34. The van der Waals surface area contributed by atoms with Crippen molar-refractivity contribution in [1.82, 2.24) is 30.4 Å². The second-order valence-corrected chi connectivity index (χ2v) is 12.7. The third-order valence-corrected chi connectivity index (χ3v) is 8.97. The maximum absolute atomic E-state index is 14.1. The highest BCUT2D eigenvalue weighted by molar-refractivity contribution is 5.98. The molecule has 45 heavy (non-hydrogen) atoms. The van der Waals surface area contributed by atoms with Crippen LogP contribution in [-0.4, -0.2) is 76.1 Å². The zero-order chi connectivity index (χ0) is 32.1. The van der Waals surface area contributed by atoms with Gasteiger partial charge in [-0.15, -0.1) is 0 Å². The number of carbonyl (C=O) groups excluding carboxylic acids is 4. The molecule has 1 aliphatic carbocycles. The molecule has 10 nitrogen and oxygen atoms in total. The van der Waals surface area contributed by atoms with E-state index in [1.54, 1.807) is 28.0 Å². The molecule has 2 aromatic carbocycles. The van der Waals surface area contributed by atoms with Crippen LogP contribution in [0.3, 0.4) is 0 Å². The van der Waals surface area contributed by atoms with Crippen LogP contribution in [0.1, 0.15) is 78.8 Å². The smallest absolute Gasteiger partial charge is 0.253 e. The zero-order valence-corrected chi connectivity index (χ0v) is 26.8. The predicted octanol–water partition coefficient (Wildman–Crippen LogP) is 3.82. The lowest BCUT2D eigenvalue weighted by Gasteiger charge is -2.39. The largest absolute Gasteiger partial charge is 0.352 e. The third-order valence-electron chi connectivity index (χ3n) is 8.97. The second-order valence-electron chi connectivity index (χ2n) is 12.7. The van der Waals surface area contributed by atoms with Crippen molar-refractivity contribution in [3.63, 3.8) is 0 Å². The van der Waals surface area contributed by atoms with Crippen molar-refractivity contribution < 1.29 is 19.2 Å². The van der Waals surface area contributed by atoms with E-state index in [-0.39, 0.29) is 49.7 Å². The first-order chi connectivity index (χ1) is 21.6. The quantitative estimate of drug-likeness (QED) is 0.462. The molecule has 0 radical (unpaired) electrons. The summed E-state index contributed by atoms with van der Waals surface area (Å²) >= 11 is 0. The number of nitrogens with one attached hydrogen (secondary N) is 2. The van der Waals surface area contributed by atoms with Gasteiger partial charge in [-0.2, -0.15) is 0 Å². The molecule has 2 aliphatic rings. The summed E-state index contributed by atoms with van der Waals surface area (Å²) in [5.74, 6) is -0.640. The SMILES string of the molecule is Cc1nc2ccc(C(=O)N3CCCC(=O)N(CCC(C)C)CC(=O)NC4(CCCc5ccccc54)C(=O)NCC3)cc2nc1C. The summed E-state index contributed by atoms with van der Waals surface area (Å²) in [6.07, 6.45) is 3.38. The minimum atomic E-state index is -1.26. The summed E-state index contributed by atoms with van der Waals surface area (Å²) in [6.45, 7) is 9.05. The topological polar surface area (TPSA) is 125 Å². The Morgan fingerprint density at radius 2 is 1.71 bits per heavy atom. The molecule has 1 fully saturated rings. The minimum Gasteiger partial charge on any atom is -0.352 e. The van der Waals surface area contributed by atoms with Gasteiger partial charge in [0.25, 0.3) is 11.8 Å². The highest BCUT2D eigenvalue weighted by Crippen LogP contribution is 2.36. The predicted molar refractivity (Wildman–Crippen MR) is 172 cm³/mol. The molecule has 0 saturated carbocycles. The Balaban J connectivity index is 1.45. The fourth-order valence-corrected chi connectivity index (χ4v) is 6.31. The molecule has 1 aliphatic heterocycles. The standard InChI is InChI=1S/C35H44N6O4/c1-23(2)15-19-41-22-31(42)39-35(16-7-10-26-9-5-6-11-28(26)35)34(45)36-17-20-40(18-8-12-32(41)43)33(44)27-13-14-29-30(21-27)38-25(4)24(3)37-29/h5-6,9,11,13-14,21,23H,7-8,10,12,15-20,22H2,1-4H3,(H,36,45)(H,39,42). The van der Waals surface area contributed by atoms with Gasteiger partial charge >= 0.3 is 0 Å². The van der Waals surface area contributed by atoms with Gasteiger partial charge in [-0.3, -0.25) is 19.2 Å². The van der Waals surface area contributed by atoms with Crippen LogP contribution in [0.15, 0.2) is 42.5 Å². The minimum absolute atomic E-state index is 0.123. The van der Waals surface area contributed by atoms with Crippen LogP contribution >= 0.6 is 0 Å². The molecular formula is C35H44N6O4. The molecule has 1 saturated heterocycles. The van der Waals surface area contributed by atoms with E-state index in [0.717, 1.165) is 47.3 Å². The summed E-state index contributed by atoms with van der Waals surface area (Å²) < 4.78 is 0. The van der Waals surface area contributed by atoms with Crippen LogP contribution in [-0.2, 0) is 26.3 Å². The maximum Gasteiger partial charge on any atom is 0.253 e. The number of aromatic nitrogens is 2. The highest BCUT2D eigenvalue weighted by Gasteiger charge is 2.44. The summed E-state index contributed by atoms with van der Waals surface area (Å²) in [5.41, 5.74) is 4.03. The number of aryl methyl sites for hydroxylation is 3. The number of carbonyl (C=O) groups is 4. The lowest BCUT2D eigenvalue weighted by Crippen LogP contribution is -2.60. The van der Waals surface area contributed by atoms with E-state index in [0.29, 0.717) is 42.9 Å². The van der Waals surface area contributed by atoms with Crippen molar-refractivity contribution in [2.45, 2.75) is 71.8 Å². The summed E-state index contributed by atoms with van der Waals surface area (Å²) in [4.78, 5) is 67.4. The fourth-order valence-electron chi connectivity index (χ4n) is 6.31. The lowest BCUT2D eigenvalue weighted by atomic mass is 9.75. The molecule has 10 heteroatoms. The van der Waals surface area contributed by atoms with E-state index < -0.39 is 5.54 Å². The first-order valence-corrected chi connectivity index (χ1v) is 16.1. The van der Waals surface area contributed by atoms with Crippen LogP contribution in [0.4, 0.5) is 0 Å². The van der Waals surface area contributed by atoms with Gasteiger partial charge < -0.3 is 20.4 Å². The molecule has 5 rings (SSSR count). The first-order valence-electron chi connectivity index (χ1n) is 16.1. The molecule has 1 spiro atoms. The van der Waals surface area contributed by atoms with Gasteiger partial charge in [0.1, 0.15) is 5.54 Å². The van der Waals surface area contributed by atoms with Crippen LogP contribution < -0.4 is 10.6 Å².